The van der Waals surface area contributed by atoms with Crippen molar-refractivity contribution < 1.29 is 25.2 Å². The number of nitrogens with two attached hydrogens (primary N) is 2. The Morgan fingerprint density at radius 2 is 1.62 bits per heavy atom. The van der Waals surface area contributed by atoms with E-state index in [1.165, 1.54) is 0 Å². The zero-order valence-corrected chi connectivity index (χ0v) is 6.87. The first-order valence-electron chi connectivity index (χ1n) is 3.63. The van der Waals surface area contributed by atoms with Gasteiger partial charge in [0.1, 0.15) is 12.2 Å². The molecule has 78 valence electrons. The van der Waals surface area contributed by atoms with Gasteiger partial charge in [-0.05, 0) is 0 Å². The van der Waals surface area contributed by atoms with Gasteiger partial charge in [-0.3, -0.25) is 4.79 Å². The van der Waals surface area contributed by atoms with Crippen LogP contribution in [0.2, 0.25) is 0 Å². The standard InChI is InChI=1S/C6H14N2O5/c7-1-2(9)3(10)4(11)5(12)6(8)13/h2-5,9-12H,1,7H2,(H2,8,13). The number of hydrogen-bond donors (Lipinski definition) is 6. The van der Waals surface area contributed by atoms with Crippen LogP contribution in [0.15, 0.2) is 0 Å². The van der Waals surface area contributed by atoms with Crippen molar-refractivity contribution >= 4 is 5.91 Å². The Hall–Kier alpha value is -0.730. The maximum absolute atomic E-state index is 10.3. The van der Waals surface area contributed by atoms with Crippen LogP contribution in [0, 0.1) is 0 Å². The van der Waals surface area contributed by atoms with E-state index in [0.29, 0.717) is 0 Å². The molecule has 0 saturated heterocycles. The van der Waals surface area contributed by atoms with E-state index in [-0.39, 0.29) is 6.54 Å². The third kappa shape index (κ3) is 3.25. The van der Waals surface area contributed by atoms with E-state index >= 15 is 0 Å². The second kappa shape index (κ2) is 5.10. The fourth-order valence-corrected chi connectivity index (χ4v) is 0.722. The van der Waals surface area contributed by atoms with Crippen molar-refractivity contribution in [1.82, 2.24) is 0 Å². The van der Waals surface area contributed by atoms with Gasteiger partial charge in [0.2, 0.25) is 5.91 Å². The molecule has 0 aliphatic heterocycles. The minimum absolute atomic E-state index is 0.302. The Balaban J connectivity index is 4.24. The van der Waals surface area contributed by atoms with Crippen molar-refractivity contribution in [2.45, 2.75) is 24.4 Å². The number of carbonyl (C=O) groups excluding carboxylic acids is 1. The number of hydrogen-bond acceptors (Lipinski definition) is 6. The molecule has 0 fully saturated rings. The quantitative estimate of drug-likeness (QED) is 0.261. The SMILES string of the molecule is NCC(O)C(O)C(O)C(O)C(N)=O. The predicted molar refractivity (Wildman–Crippen MR) is 42.3 cm³/mol. The molecule has 0 aromatic carbocycles. The minimum atomic E-state index is -1.92. The molecule has 4 unspecified atom stereocenters. The van der Waals surface area contributed by atoms with Gasteiger partial charge in [0.15, 0.2) is 6.10 Å². The molecule has 7 nitrogen and oxygen atoms in total. The third-order valence-electron chi connectivity index (χ3n) is 1.60. The van der Waals surface area contributed by atoms with E-state index in [4.69, 9.17) is 26.2 Å². The van der Waals surface area contributed by atoms with E-state index in [1.54, 1.807) is 0 Å². The van der Waals surface area contributed by atoms with E-state index in [2.05, 4.69) is 5.73 Å². The molecule has 1 amide bonds. The van der Waals surface area contributed by atoms with Crippen molar-refractivity contribution in [3.8, 4) is 0 Å². The van der Waals surface area contributed by atoms with Crippen LogP contribution in [0.5, 0.6) is 0 Å². The molecule has 0 bridgehead atoms. The van der Waals surface area contributed by atoms with Crippen LogP contribution in [0.3, 0.4) is 0 Å². The summed E-state index contributed by atoms with van der Waals surface area (Å²) in [4.78, 5) is 10.3. The highest BCUT2D eigenvalue weighted by atomic mass is 16.4. The first-order chi connectivity index (χ1) is 5.91. The fraction of sp³-hybridized carbons (Fsp3) is 0.833. The van der Waals surface area contributed by atoms with Gasteiger partial charge in [0.25, 0.3) is 0 Å². The van der Waals surface area contributed by atoms with Crippen LogP contribution in [-0.4, -0.2) is 57.3 Å². The Morgan fingerprint density at radius 1 is 1.15 bits per heavy atom. The zero-order chi connectivity index (χ0) is 10.6. The summed E-state index contributed by atoms with van der Waals surface area (Å²) in [6.07, 6.45) is -6.87. The van der Waals surface area contributed by atoms with E-state index in [0.717, 1.165) is 0 Å². The molecule has 0 aliphatic carbocycles. The largest absolute Gasteiger partial charge is 0.389 e. The molecule has 7 heteroatoms. The number of amides is 1. The number of aliphatic hydroxyl groups excluding tert-OH is 4. The molecule has 0 aromatic rings. The van der Waals surface area contributed by atoms with Crippen LogP contribution < -0.4 is 11.5 Å². The molecular formula is C6H14N2O5. The molecule has 4 atom stereocenters. The number of aliphatic hydroxyl groups is 4. The molecule has 13 heavy (non-hydrogen) atoms. The van der Waals surface area contributed by atoms with Gasteiger partial charge in [-0.2, -0.15) is 0 Å². The highest BCUT2D eigenvalue weighted by molar-refractivity contribution is 5.79. The van der Waals surface area contributed by atoms with Crippen LogP contribution in [0.4, 0.5) is 0 Å². The lowest BCUT2D eigenvalue weighted by Gasteiger charge is -2.23. The van der Waals surface area contributed by atoms with Gasteiger partial charge in [-0.15, -0.1) is 0 Å². The lowest BCUT2D eigenvalue weighted by atomic mass is 10.0. The molecule has 0 saturated carbocycles. The van der Waals surface area contributed by atoms with Crippen molar-refractivity contribution in [1.29, 1.82) is 0 Å². The average Bonchev–Trinajstić information content (AvgIpc) is 2.12. The highest BCUT2D eigenvalue weighted by Crippen LogP contribution is 2.03. The molecule has 8 N–H and O–H groups in total. The minimum Gasteiger partial charge on any atom is -0.389 e. The van der Waals surface area contributed by atoms with Gasteiger partial charge in [-0.25, -0.2) is 0 Å². The first-order valence-corrected chi connectivity index (χ1v) is 3.63. The number of rotatable bonds is 5. The zero-order valence-electron chi connectivity index (χ0n) is 6.87. The fourth-order valence-electron chi connectivity index (χ4n) is 0.722. The second-order valence-electron chi connectivity index (χ2n) is 2.63. The normalized spacial score (nSPS) is 20.4. The molecule has 0 aromatic heterocycles. The summed E-state index contributed by atoms with van der Waals surface area (Å²) < 4.78 is 0. The van der Waals surface area contributed by atoms with Crippen LogP contribution in [-0.2, 0) is 4.79 Å². The summed E-state index contributed by atoms with van der Waals surface area (Å²) in [5.74, 6) is -1.18. The summed E-state index contributed by atoms with van der Waals surface area (Å²) in [5, 5.41) is 35.9. The van der Waals surface area contributed by atoms with E-state index in [9.17, 15) is 4.79 Å². The molecule has 0 rings (SSSR count). The molecule has 0 heterocycles. The lowest BCUT2D eigenvalue weighted by molar-refractivity contribution is -0.143. The van der Waals surface area contributed by atoms with Crippen molar-refractivity contribution in [2.75, 3.05) is 6.54 Å². The monoisotopic (exact) mass is 194 g/mol. The van der Waals surface area contributed by atoms with Gasteiger partial charge < -0.3 is 31.9 Å². The van der Waals surface area contributed by atoms with E-state index in [1.807, 2.05) is 0 Å². The summed E-state index contributed by atoms with van der Waals surface area (Å²) in [5.41, 5.74) is 9.61. The summed E-state index contributed by atoms with van der Waals surface area (Å²) in [7, 11) is 0. The molecule has 0 radical (unpaired) electrons. The van der Waals surface area contributed by atoms with Crippen molar-refractivity contribution in [2.24, 2.45) is 11.5 Å². The van der Waals surface area contributed by atoms with Gasteiger partial charge in [-0.1, -0.05) is 0 Å². The van der Waals surface area contributed by atoms with Crippen LogP contribution >= 0.6 is 0 Å². The molecule has 0 spiro atoms. The Morgan fingerprint density at radius 3 is 1.92 bits per heavy atom. The molecule has 0 aliphatic rings. The topological polar surface area (TPSA) is 150 Å². The maximum atomic E-state index is 10.3. The Bertz CT molecular complexity index is 176. The second-order valence-corrected chi connectivity index (χ2v) is 2.63. The third-order valence-corrected chi connectivity index (χ3v) is 1.60. The average molecular weight is 194 g/mol. The highest BCUT2D eigenvalue weighted by Gasteiger charge is 2.32. The molecular weight excluding hydrogens is 180 g/mol. The number of carbonyl (C=O) groups is 1. The summed E-state index contributed by atoms with van der Waals surface area (Å²) in [6, 6.07) is 0. The summed E-state index contributed by atoms with van der Waals surface area (Å²) in [6.45, 7) is -0.302. The van der Waals surface area contributed by atoms with E-state index < -0.39 is 30.3 Å². The van der Waals surface area contributed by atoms with Gasteiger partial charge in [0.05, 0.1) is 6.10 Å². The van der Waals surface area contributed by atoms with Gasteiger partial charge >= 0.3 is 0 Å². The summed E-state index contributed by atoms with van der Waals surface area (Å²) >= 11 is 0. The smallest absolute Gasteiger partial charge is 0.249 e. The van der Waals surface area contributed by atoms with Crippen molar-refractivity contribution in [3.63, 3.8) is 0 Å². The first kappa shape index (κ1) is 12.3. The van der Waals surface area contributed by atoms with Crippen LogP contribution in [0.1, 0.15) is 0 Å². The lowest BCUT2D eigenvalue weighted by Crippen LogP contribution is -2.51. The number of primary amides is 1. The van der Waals surface area contributed by atoms with Crippen molar-refractivity contribution in [3.05, 3.63) is 0 Å². The maximum Gasteiger partial charge on any atom is 0.249 e. The predicted octanol–water partition coefficient (Wildman–Crippen LogP) is -4.13. The van der Waals surface area contributed by atoms with Gasteiger partial charge in [0, 0.05) is 6.54 Å². The Kier molecular flexibility index (Phi) is 4.81. The van der Waals surface area contributed by atoms with Crippen LogP contribution in [0.25, 0.3) is 0 Å². The Labute approximate surface area is 74.6 Å².